The van der Waals surface area contributed by atoms with Gasteiger partial charge >= 0.3 is 0 Å². The summed E-state index contributed by atoms with van der Waals surface area (Å²) in [5.74, 6) is 0.942. The van der Waals surface area contributed by atoms with Crippen molar-refractivity contribution in [3.8, 4) is 0 Å². The molecule has 0 spiro atoms. The van der Waals surface area contributed by atoms with Crippen molar-refractivity contribution >= 4 is 11.3 Å². The molecule has 0 bridgehead atoms. The van der Waals surface area contributed by atoms with Crippen molar-refractivity contribution in [1.29, 1.82) is 0 Å². The fourth-order valence-corrected chi connectivity index (χ4v) is 2.99. The molecule has 0 aromatic carbocycles. The predicted molar refractivity (Wildman–Crippen MR) is 65.5 cm³/mol. The van der Waals surface area contributed by atoms with E-state index in [9.17, 15) is 0 Å². The molecule has 1 aliphatic rings. The fraction of sp³-hybridized carbons (Fsp3) is 0.750. The van der Waals surface area contributed by atoms with Crippen LogP contribution < -0.4 is 5.32 Å². The van der Waals surface area contributed by atoms with Crippen LogP contribution in [0.15, 0.2) is 0 Å². The second kappa shape index (κ2) is 4.62. The van der Waals surface area contributed by atoms with E-state index in [1.54, 1.807) is 0 Å². The molecular formula is C12H20N2S. The van der Waals surface area contributed by atoms with Crippen molar-refractivity contribution in [2.24, 2.45) is 5.92 Å². The third-order valence-corrected chi connectivity index (χ3v) is 4.44. The summed E-state index contributed by atoms with van der Waals surface area (Å²) in [4.78, 5) is 5.96. The van der Waals surface area contributed by atoms with E-state index in [4.69, 9.17) is 0 Å². The highest BCUT2D eigenvalue weighted by Gasteiger charge is 2.29. The van der Waals surface area contributed by atoms with Crippen LogP contribution in [-0.2, 0) is 6.42 Å². The van der Waals surface area contributed by atoms with Gasteiger partial charge in [0.1, 0.15) is 0 Å². The van der Waals surface area contributed by atoms with E-state index >= 15 is 0 Å². The van der Waals surface area contributed by atoms with Gasteiger partial charge in [-0.3, -0.25) is 0 Å². The molecule has 3 heteroatoms. The number of rotatable bonds is 5. The van der Waals surface area contributed by atoms with Gasteiger partial charge in [-0.15, -0.1) is 11.3 Å². The Balaban J connectivity index is 1.86. The molecule has 2 rings (SSSR count). The van der Waals surface area contributed by atoms with E-state index in [1.165, 1.54) is 34.8 Å². The standard InChI is InChI=1S/C12H20N2S/c1-8-9(2)15-12(14-8)7-6-11(13-3)10-4-5-10/h10-11,13H,4-7H2,1-3H3. The first-order chi connectivity index (χ1) is 7.20. The van der Waals surface area contributed by atoms with Crippen LogP contribution in [0, 0.1) is 19.8 Å². The molecular weight excluding hydrogens is 204 g/mol. The molecule has 1 saturated carbocycles. The maximum atomic E-state index is 4.59. The quantitative estimate of drug-likeness (QED) is 0.832. The highest BCUT2D eigenvalue weighted by Crippen LogP contribution is 2.34. The lowest BCUT2D eigenvalue weighted by molar-refractivity contribution is 0.470. The summed E-state index contributed by atoms with van der Waals surface area (Å²) in [6.07, 6.45) is 5.22. The van der Waals surface area contributed by atoms with Crippen LogP contribution in [0.5, 0.6) is 0 Å². The third kappa shape index (κ3) is 2.79. The predicted octanol–water partition coefficient (Wildman–Crippen LogP) is 2.69. The Hall–Kier alpha value is -0.410. The van der Waals surface area contributed by atoms with Crippen LogP contribution in [0.25, 0.3) is 0 Å². The molecule has 0 amide bonds. The lowest BCUT2D eigenvalue weighted by Gasteiger charge is -2.13. The van der Waals surface area contributed by atoms with E-state index in [2.05, 4.69) is 31.2 Å². The van der Waals surface area contributed by atoms with E-state index in [-0.39, 0.29) is 0 Å². The smallest absolute Gasteiger partial charge is 0.0931 e. The van der Waals surface area contributed by atoms with Crippen LogP contribution in [0.4, 0.5) is 0 Å². The van der Waals surface area contributed by atoms with Crippen molar-refractivity contribution in [3.05, 3.63) is 15.6 Å². The number of nitrogens with zero attached hydrogens (tertiary/aromatic N) is 1. The minimum Gasteiger partial charge on any atom is -0.317 e. The number of aryl methyl sites for hydroxylation is 3. The zero-order valence-electron chi connectivity index (χ0n) is 9.84. The number of nitrogens with one attached hydrogen (secondary N) is 1. The molecule has 1 aromatic heterocycles. The highest BCUT2D eigenvalue weighted by molar-refractivity contribution is 7.11. The number of hydrogen-bond donors (Lipinski definition) is 1. The van der Waals surface area contributed by atoms with Gasteiger partial charge in [0, 0.05) is 17.3 Å². The Bertz CT molecular complexity index is 309. The Morgan fingerprint density at radius 1 is 1.47 bits per heavy atom. The van der Waals surface area contributed by atoms with Crippen molar-refractivity contribution < 1.29 is 0 Å². The minimum atomic E-state index is 0.717. The van der Waals surface area contributed by atoms with Crippen LogP contribution in [0.3, 0.4) is 0 Å². The molecule has 1 unspecified atom stereocenters. The van der Waals surface area contributed by atoms with Gasteiger partial charge in [-0.05, 0) is 46.1 Å². The van der Waals surface area contributed by atoms with Gasteiger partial charge in [0.05, 0.1) is 10.7 Å². The molecule has 1 N–H and O–H groups in total. The maximum Gasteiger partial charge on any atom is 0.0931 e. The van der Waals surface area contributed by atoms with Crippen molar-refractivity contribution in [1.82, 2.24) is 10.3 Å². The van der Waals surface area contributed by atoms with Crippen molar-refractivity contribution in [2.75, 3.05) is 7.05 Å². The minimum absolute atomic E-state index is 0.717. The first kappa shape index (κ1) is 11.1. The molecule has 1 fully saturated rings. The summed E-state index contributed by atoms with van der Waals surface area (Å²) in [5, 5.41) is 4.74. The second-order valence-corrected chi connectivity index (χ2v) is 5.81. The molecule has 84 valence electrons. The highest BCUT2D eigenvalue weighted by atomic mass is 32.1. The van der Waals surface area contributed by atoms with E-state index in [0.717, 1.165) is 18.4 Å². The largest absolute Gasteiger partial charge is 0.317 e. The van der Waals surface area contributed by atoms with Gasteiger partial charge in [0.2, 0.25) is 0 Å². The number of aromatic nitrogens is 1. The SMILES string of the molecule is CNC(CCc1nc(C)c(C)s1)C1CC1. The summed E-state index contributed by atoms with van der Waals surface area (Å²) in [6, 6.07) is 0.717. The summed E-state index contributed by atoms with van der Waals surface area (Å²) in [6.45, 7) is 4.26. The van der Waals surface area contributed by atoms with Gasteiger partial charge in [-0.1, -0.05) is 0 Å². The fourth-order valence-electron chi connectivity index (χ4n) is 2.04. The van der Waals surface area contributed by atoms with E-state index in [1.807, 2.05) is 11.3 Å². The van der Waals surface area contributed by atoms with E-state index < -0.39 is 0 Å². The monoisotopic (exact) mass is 224 g/mol. The van der Waals surface area contributed by atoms with Gasteiger partial charge in [-0.2, -0.15) is 0 Å². The zero-order chi connectivity index (χ0) is 10.8. The van der Waals surface area contributed by atoms with E-state index in [0.29, 0.717) is 0 Å². The first-order valence-corrected chi connectivity index (χ1v) is 6.62. The van der Waals surface area contributed by atoms with Gasteiger partial charge < -0.3 is 5.32 Å². The van der Waals surface area contributed by atoms with Crippen LogP contribution >= 0.6 is 11.3 Å². The van der Waals surface area contributed by atoms with Gasteiger partial charge in [-0.25, -0.2) is 4.98 Å². The average Bonchev–Trinajstić information content (AvgIpc) is 2.97. The lowest BCUT2D eigenvalue weighted by atomic mass is 10.1. The average molecular weight is 224 g/mol. The summed E-state index contributed by atoms with van der Waals surface area (Å²) >= 11 is 1.86. The van der Waals surface area contributed by atoms with Gasteiger partial charge in [0.15, 0.2) is 0 Å². The Morgan fingerprint density at radius 3 is 2.67 bits per heavy atom. The Kier molecular flexibility index (Phi) is 3.42. The lowest BCUT2D eigenvalue weighted by Crippen LogP contribution is -2.27. The molecule has 1 aromatic rings. The topological polar surface area (TPSA) is 24.9 Å². The van der Waals surface area contributed by atoms with Crippen LogP contribution in [0.1, 0.15) is 34.8 Å². The molecule has 0 aliphatic heterocycles. The summed E-state index contributed by atoms with van der Waals surface area (Å²) in [5.41, 5.74) is 1.21. The van der Waals surface area contributed by atoms with Crippen LogP contribution in [-0.4, -0.2) is 18.1 Å². The molecule has 0 saturated heterocycles. The maximum absolute atomic E-state index is 4.59. The molecule has 0 radical (unpaired) electrons. The second-order valence-electron chi connectivity index (χ2n) is 4.52. The molecule has 15 heavy (non-hydrogen) atoms. The van der Waals surface area contributed by atoms with Crippen molar-refractivity contribution in [3.63, 3.8) is 0 Å². The molecule has 1 heterocycles. The summed E-state index contributed by atoms with van der Waals surface area (Å²) in [7, 11) is 2.08. The number of hydrogen-bond acceptors (Lipinski definition) is 3. The first-order valence-electron chi connectivity index (χ1n) is 5.81. The third-order valence-electron chi connectivity index (χ3n) is 3.30. The number of thiazole rings is 1. The Labute approximate surface area is 96.1 Å². The van der Waals surface area contributed by atoms with Crippen molar-refractivity contribution in [2.45, 2.75) is 45.6 Å². The molecule has 1 aliphatic carbocycles. The normalized spacial score (nSPS) is 18.1. The molecule has 1 atom stereocenters. The van der Waals surface area contributed by atoms with Crippen LogP contribution in [0.2, 0.25) is 0 Å². The van der Waals surface area contributed by atoms with Gasteiger partial charge in [0.25, 0.3) is 0 Å². The Morgan fingerprint density at radius 2 is 2.20 bits per heavy atom. The zero-order valence-corrected chi connectivity index (χ0v) is 10.7. The molecule has 2 nitrogen and oxygen atoms in total. The summed E-state index contributed by atoms with van der Waals surface area (Å²) < 4.78 is 0.